The molecule has 0 atom stereocenters. The molecule has 0 radical (unpaired) electrons. The molecule has 8 nitrogen and oxygen atoms in total. The number of hydrogen-bond acceptors (Lipinski definition) is 6. The van der Waals surface area contributed by atoms with E-state index in [1.54, 1.807) is 18.6 Å². The molecule has 4 rings (SSSR count). The Kier molecular flexibility index (Phi) is 4.19. The van der Waals surface area contributed by atoms with Gasteiger partial charge in [-0.3, -0.25) is 19.7 Å². The third-order valence-electron chi connectivity index (χ3n) is 4.60. The van der Waals surface area contributed by atoms with Crippen LogP contribution in [0.4, 0.5) is 5.82 Å². The Bertz CT molecular complexity index is 831. The number of fused-ring (bicyclic) bond motifs is 1. The molecule has 1 aliphatic rings. The van der Waals surface area contributed by atoms with E-state index in [4.69, 9.17) is 5.10 Å². The van der Waals surface area contributed by atoms with Gasteiger partial charge in [0.1, 0.15) is 5.82 Å². The van der Waals surface area contributed by atoms with Crippen LogP contribution < -0.4 is 5.32 Å². The molecule has 25 heavy (non-hydrogen) atoms. The first kappa shape index (κ1) is 15.8. The third kappa shape index (κ3) is 3.39. The first-order valence-corrected chi connectivity index (χ1v) is 8.47. The van der Waals surface area contributed by atoms with Crippen molar-refractivity contribution in [3.8, 4) is 0 Å². The molecule has 0 saturated heterocycles. The fraction of sp³-hybridized carbons (Fsp3) is 0.412. The van der Waals surface area contributed by atoms with Crippen LogP contribution in [0.15, 0.2) is 24.7 Å². The van der Waals surface area contributed by atoms with Crippen molar-refractivity contribution in [3.05, 3.63) is 53.0 Å². The summed E-state index contributed by atoms with van der Waals surface area (Å²) in [5, 5.41) is 15.3. The minimum atomic E-state index is 0.651. The number of hydrogen-bond donors (Lipinski definition) is 2. The fourth-order valence-electron chi connectivity index (χ4n) is 3.20. The highest BCUT2D eigenvalue weighted by molar-refractivity contribution is 5.31. The van der Waals surface area contributed by atoms with Crippen LogP contribution in [0.2, 0.25) is 0 Å². The Morgan fingerprint density at radius 3 is 2.92 bits per heavy atom. The molecule has 3 aromatic heterocycles. The van der Waals surface area contributed by atoms with Crippen molar-refractivity contribution in [2.75, 3.05) is 11.9 Å². The van der Waals surface area contributed by atoms with Gasteiger partial charge in [0.15, 0.2) is 0 Å². The number of rotatable bonds is 5. The number of anilines is 1. The van der Waals surface area contributed by atoms with Crippen molar-refractivity contribution in [1.29, 1.82) is 0 Å². The lowest BCUT2D eigenvalue weighted by Gasteiger charge is -2.27. The monoisotopic (exact) mass is 338 g/mol. The van der Waals surface area contributed by atoms with E-state index < -0.39 is 0 Å². The molecular formula is C17H22N8. The number of H-pyrrole nitrogens is 1. The number of nitrogens with zero attached hydrogens (tertiary/aromatic N) is 6. The van der Waals surface area contributed by atoms with Crippen molar-refractivity contribution in [1.82, 2.24) is 34.8 Å². The topological polar surface area (TPSA) is 87.5 Å². The highest BCUT2D eigenvalue weighted by Crippen LogP contribution is 2.19. The van der Waals surface area contributed by atoms with E-state index in [1.165, 1.54) is 11.3 Å². The van der Waals surface area contributed by atoms with Gasteiger partial charge in [0, 0.05) is 43.3 Å². The van der Waals surface area contributed by atoms with Crippen LogP contribution in [0, 0.1) is 13.8 Å². The van der Waals surface area contributed by atoms with E-state index in [1.807, 2.05) is 0 Å². The second-order valence-corrected chi connectivity index (χ2v) is 6.42. The molecule has 0 aliphatic carbocycles. The van der Waals surface area contributed by atoms with Gasteiger partial charge in [-0.1, -0.05) is 0 Å². The Balaban J connectivity index is 1.41. The summed E-state index contributed by atoms with van der Waals surface area (Å²) in [6.07, 6.45) is 5.06. The van der Waals surface area contributed by atoms with E-state index in [9.17, 15) is 0 Å². The Morgan fingerprint density at radius 1 is 1.24 bits per heavy atom. The molecule has 0 amide bonds. The molecule has 4 heterocycles. The Hall–Kier alpha value is -2.74. The number of aromatic amines is 1. The zero-order valence-electron chi connectivity index (χ0n) is 14.5. The van der Waals surface area contributed by atoms with Crippen LogP contribution in [0.3, 0.4) is 0 Å². The van der Waals surface area contributed by atoms with Crippen molar-refractivity contribution >= 4 is 5.82 Å². The van der Waals surface area contributed by atoms with Crippen LogP contribution in [-0.4, -0.2) is 41.4 Å². The van der Waals surface area contributed by atoms with Gasteiger partial charge in [-0.05, 0) is 19.9 Å². The van der Waals surface area contributed by atoms with Crippen LogP contribution in [0.5, 0.6) is 0 Å². The van der Waals surface area contributed by atoms with Gasteiger partial charge in [0.2, 0.25) is 0 Å². The predicted molar refractivity (Wildman–Crippen MR) is 93.8 cm³/mol. The van der Waals surface area contributed by atoms with Crippen LogP contribution in [0.1, 0.15) is 28.3 Å². The molecule has 8 heteroatoms. The lowest BCUT2D eigenvalue weighted by Crippen LogP contribution is -2.33. The minimum absolute atomic E-state index is 0.651. The van der Waals surface area contributed by atoms with Gasteiger partial charge in [0.05, 0.1) is 36.4 Å². The Labute approximate surface area is 146 Å². The molecular weight excluding hydrogens is 316 g/mol. The first-order valence-electron chi connectivity index (χ1n) is 8.47. The zero-order chi connectivity index (χ0) is 17.2. The third-order valence-corrected chi connectivity index (χ3v) is 4.60. The summed E-state index contributed by atoms with van der Waals surface area (Å²) in [6, 6.07) is 2.17. The summed E-state index contributed by atoms with van der Waals surface area (Å²) in [5.41, 5.74) is 5.83. The molecule has 0 bridgehead atoms. The molecule has 3 aromatic rings. The molecule has 0 spiro atoms. The standard InChI is InChI=1S/C17H22N8/c1-12-16(13(2)22-21-12)11-24-5-6-25-15(10-24)7-14(23-25)8-20-17-9-18-3-4-19-17/h3-4,7,9H,5-6,8,10-11H2,1-2H3,(H,19,20)(H,21,22). The highest BCUT2D eigenvalue weighted by Gasteiger charge is 2.20. The average Bonchev–Trinajstić information content (AvgIpc) is 3.18. The van der Waals surface area contributed by atoms with E-state index >= 15 is 0 Å². The SMILES string of the molecule is Cc1n[nH]c(C)c1CN1CCn2nc(CNc3cnccn3)cc2C1. The molecule has 0 saturated carbocycles. The maximum Gasteiger partial charge on any atom is 0.144 e. The summed E-state index contributed by atoms with van der Waals surface area (Å²) in [5.74, 6) is 0.765. The first-order chi connectivity index (χ1) is 12.2. The van der Waals surface area contributed by atoms with Gasteiger partial charge in [-0.15, -0.1) is 0 Å². The van der Waals surface area contributed by atoms with Crippen molar-refractivity contribution in [2.45, 2.75) is 40.0 Å². The van der Waals surface area contributed by atoms with Crippen molar-refractivity contribution in [3.63, 3.8) is 0 Å². The summed E-state index contributed by atoms with van der Waals surface area (Å²) < 4.78 is 2.11. The van der Waals surface area contributed by atoms with Crippen LogP contribution in [0.25, 0.3) is 0 Å². The number of aromatic nitrogens is 6. The van der Waals surface area contributed by atoms with Gasteiger partial charge in [-0.2, -0.15) is 10.2 Å². The molecule has 0 unspecified atom stereocenters. The molecule has 1 aliphatic heterocycles. The van der Waals surface area contributed by atoms with E-state index in [0.29, 0.717) is 6.54 Å². The highest BCUT2D eigenvalue weighted by atomic mass is 15.3. The van der Waals surface area contributed by atoms with E-state index in [2.05, 4.69) is 55.0 Å². The van der Waals surface area contributed by atoms with Crippen LogP contribution >= 0.6 is 0 Å². The second-order valence-electron chi connectivity index (χ2n) is 6.42. The normalized spacial score (nSPS) is 14.5. The average molecular weight is 338 g/mol. The predicted octanol–water partition coefficient (Wildman–Crippen LogP) is 1.64. The lowest BCUT2D eigenvalue weighted by molar-refractivity contribution is 0.204. The van der Waals surface area contributed by atoms with Gasteiger partial charge in [-0.25, -0.2) is 4.98 Å². The van der Waals surface area contributed by atoms with Gasteiger partial charge < -0.3 is 5.32 Å². The maximum absolute atomic E-state index is 4.69. The Morgan fingerprint density at radius 2 is 2.16 bits per heavy atom. The minimum Gasteiger partial charge on any atom is -0.363 e. The molecule has 130 valence electrons. The summed E-state index contributed by atoms with van der Waals surface area (Å²) in [7, 11) is 0. The summed E-state index contributed by atoms with van der Waals surface area (Å²) in [6.45, 7) is 8.53. The quantitative estimate of drug-likeness (QED) is 0.735. The number of aryl methyl sites for hydroxylation is 2. The second kappa shape index (κ2) is 6.64. The van der Waals surface area contributed by atoms with Gasteiger partial charge >= 0.3 is 0 Å². The number of nitrogens with one attached hydrogen (secondary N) is 2. The molecule has 2 N–H and O–H groups in total. The molecule has 0 aromatic carbocycles. The lowest BCUT2D eigenvalue weighted by atomic mass is 10.1. The van der Waals surface area contributed by atoms with E-state index in [0.717, 1.165) is 49.1 Å². The smallest absolute Gasteiger partial charge is 0.144 e. The zero-order valence-corrected chi connectivity index (χ0v) is 14.5. The molecule has 0 fully saturated rings. The summed E-state index contributed by atoms with van der Waals surface area (Å²) >= 11 is 0. The largest absolute Gasteiger partial charge is 0.363 e. The van der Waals surface area contributed by atoms with Gasteiger partial charge in [0.25, 0.3) is 0 Å². The van der Waals surface area contributed by atoms with Crippen molar-refractivity contribution < 1.29 is 0 Å². The van der Waals surface area contributed by atoms with Crippen LogP contribution in [-0.2, 0) is 26.2 Å². The van der Waals surface area contributed by atoms with E-state index in [-0.39, 0.29) is 0 Å². The van der Waals surface area contributed by atoms with Crippen molar-refractivity contribution in [2.24, 2.45) is 0 Å². The fourth-order valence-corrected chi connectivity index (χ4v) is 3.20. The summed E-state index contributed by atoms with van der Waals surface area (Å²) in [4.78, 5) is 10.7. The maximum atomic E-state index is 4.69.